The number of urea groups is 1. The smallest absolute Gasteiger partial charge is 0.338 e. The Hall–Kier alpha value is -2.37. The molecule has 1 rings (SSSR count). The molecular weight excluding hydrogens is 284 g/mol. The first-order valence-electron chi connectivity index (χ1n) is 7.26. The van der Waals surface area contributed by atoms with E-state index in [0.29, 0.717) is 12.1 Å². The number of hydrogen-bond donors (Lipinski definition) is 2. The van der Waals surface area contributed by atoms with Crippen molar-refractivity contribution in [2.24, 2.45) is 0 Å². The van der Waals surface area contributed by atoms with Gasteiger partial charge in [-0.1, -0.05) is 25.5 Å². The molecule has 0 aliphatic carbocycles. The van der Waals surface area contributed by atoms with Crippen molar-refractivity contribution in [2.45, 2.75) is 33.6 Å². The fraction of sp³-hybridized carbons (Fsp3) is 0.438. The van der Waals surface area contributed by atoms with Crippen LogP contribution in [0.3, 0.4) is 0 Å². The average Bonchev–Trinajstić information content (AvgIpc) is 2.48. The van der Waals surface area contributed by atoms with Crippen LogP contribution in [0.4, 0.5) is 4.79 Å². The van der Waals surface area contributed by atoms with E-state index >= 15 is 0 Å². The quantitative estimate of drug-likeness (QED) is 0.622. The van der Waals surface area contributed by atoms with E-state index in [0.717, 1.165) is 24.0 Å². The third-order valence-corrected chi connectivity index (χ3v) is 3.23. The molecule has 1 aromatic rings. The van der Waals surface area contributed by atoms with Crippen molar-refractivity contribution in [3.8, 4) is 0 Å². The van der Waals surface area contributed by atoms with E-state index in [4.69, 9.17) is 4.74 Å². The number of carbonyl (C=O) groups is 3. The first-order chi connectivity index (χ1) is 10.5. The van der Waals surface area contributed by atoms with E-state index in [1.807, 2.05) is 26.8 Å². The highest BCUT2D eigenvalue weighted by atomic mass is 16.5. The van der Waals surface area contributed by atoms with Crippen LogP contribution < -0.4 is 10.6 Å². The molecule has 0 bridgehead atoms. The molecule has 0 saturated heterocycles. The van der Waals surface area contributed by atoms with Crippen molar-refractivity contribution in [1.29, 1.82) is 0 Å². The van der Waals surface area contributed by atoms with Crippen LogP contribution in [0.25, 0.3) is 0 Å². The minimum absolute atomic E-state index is 0.417. The third-order valence-electron chi connectivity index (χ3n) is 3.23. The summed E-state index contributed by atoms with van der Waals surface area (Å²) in [6.07, 6.45) is 1.78. The Labute approximate surface area is 130 Å². The molecule has 0 spiro atoms. The molecule has 22 heavy (non-hydrogen) atoms. The zero-order valence-electron chi connectivity index (χ0n) is 13.2. The predicted molar refractivity (Wildman–Crippen MR) is 82.6 cm³/mol. The summed E-state index contributed by atoms with van der Waals surface area (Å²) in [4.78, 5) is 34.8. The number of imide groups is 1. The maximum absolute atomic E-state index is 11.9. The molecule has 3 amide bonds. The van der Waals surface area contributed by atoms with Crippen LogP contribution in [-0.2, 0) is 9.53 Å². The number of amides is 3. The Morgan fingerprint density at radius 2 is 1.91 bits per heavy atom. The predicted octanol–water partition coefficient (Wildman–Crippen LogP) is 2.09. The van der Waals surface area contributed by atoms with Crippen LogP contribution in [0.2, 0.25) is 0 Å². The number of esters is 1. The van der Waals surface area contributed by atoms with Crippen molar-refractivity contribution >= 4 is 17.9 Å². The van der Waals surface area contributed by atoms with Crippen molar-refractivity contribution in [3.63, 3.8) is 0 Å². The summed E-state index contributed by atoms with van der Waals surface area (Å²) in [5.41, 5.74) is 2.19. The summed E-state index contributed by atoms with van der Waals surface area (Å²) >= 11 is 0. The van der Waals surface area contributed by atoms with Gasteiger partial charge in [-0.05, 0) is 37.5 Å². The van der Waals surface area contributed by atoms with Gasteiger partial charge in [0.25, 0.3) is 5.91 Å². The molecule has 6 nitrogen and oxygen atoms in total. The Bertz CT molecular complexity index is 555. The van der Waals surface area contributed by atoms with E-state index in [1.54, 1.807) is 12.1 Å². The Balaban J connectivity index is 2.42. The number of benzene rings is 1. The second-order valence-corrected chi connectivity index (χ2v) is 4.98. The monoisotopic (exact) mass is 306 g/mol. The molecular formula is C16H22N2O4. The van der Waals surface area contributed by atoms with Crippen LogP contribution in [0.1, 0.15) is 41.3 Å². The second kappa shape index (κ2) is 8.81. The molecule has 0 unspecified atom stereocenters. The molecule has 0 heterocycles. The normalized spacial score (nSPS) is 9.95. The summed E-state index contributed by atoms with van der Waals surface area (Å²) in [6.45, 7) is 5.70. The lowest BCUT2D eigenvalue weighted by molar-refractivity contribution is -0.123. The molecule has 0 aliphatic heterocycles. The van der Waals surface area contributed by atoms with Gasteiger partial charge >= 0.3 is 12.0 Å². The van der Waals surface area contributed by atoms with Gasteiger partial charge in [-0.2, -0.15) is 0 Å². The molecule has 0 atom stereocenters. The lowest BCUT2D eigenvalue weighted by atomic mass is 10.0. The summed E-state index contributed by atoms with van der Waals surface area (Å²) in [5.74, 6) is -1.24. The minimum atomic E-state index is -0.660. The zero-order chi connectivity index (χ0) is 16.5. The van der Waals surface area contributed by atoms with E-state index in [9.17, 15) is 14.4 Å². The van der Waals surface area contributed by atoms with Crippen LogP contribution in [0.5, 0.6) is 0 Å². The lowest BCUT2D eigenvalue weighted by Crippen LogP contribution is -2.41. The van der Waals surface area contributed by atoms with Crippen molar-refractivity contribution in [2.75, 3.05) is 13.2 Å². The Morgan fingerprint density at radius 1 is 1.18 bits per heavy atom. The largest absolute Gasteiger partial charge is 0.452 e. The molecule has 1 aromatic carbocycles. The number of rotatable bonds is 6. The van der Waals surface area contributed by atoms with E-state index < -0.39 is 24.5 Å². The number of hydrogen-bond acceptors (Lipinski definition) is 4. The highest BCUT2D eigenvalue weighted by Crippen LogP contribution is 2.13. The van der Waals surface area contributed by atoms with Gasteiger partial charge in [-0.15, -0.1) is 0 Å². The van der Waals surface area contributed by atoms with E-state index in [-0.39, 0.29) is 0 Å². The minimum Gasteiger partial charge on any atom is -0.452 e. The molecule has 0 fully saturated rings. The first kappa shape index (κ1) is 17.7. The number of carbonyl (C=O) groups excluding carboxylic acids is 3. The van der Waals surface area contributed by atoms with Gasteiger partial charge < -0.3 is 10.1 Å². The summed E-state index contributed by atoms with van der Waals surface area (Å²) in [5, 5.41) is 4.64. The average molecular weight is 306 g/mol. The van der Waals surface area contributed by atoms with E-state index in [2.05, 4.69) is 10.6 Å². The molecule has 0 saturated carbocycles. The van der Waals surface area contributed by atoms with Crippen LogP contribution in [-0.4, -0.2) is 31.1 Å². The van der Waals surface area contributed by atoms with Crippen LogP contribution >= 0.6 is 0 Å². The molecule has 0 radical (unpaired) electrons. The van der Waals surface area contributed by atoms with Gasteiger partial charge in [0.1, 0.15) is 0 Å². The number of aryl methyl sites for hydroxylation is 1. The second-order valence-electron chi connectivity index (χ2n) is 4.98. The lowest BCUT2D eigenvalue weighted by Gasteiger charge is -2.09. The SMILES string of the molecule is CCCCNC(=O)NC(=O)COC(=O)c1cccc(C)c1C. The maximum atomic E-state index is 11.9. The summed E-state index contributed by atoms with van der Waals surface area (Å²) < 4.78 is 4.92. The van der Waals surface area contributed by atoms with Gasteiger partial charge in [-0.3, -0.25) is 10.1 Å². The highest BCUT2D eigenvalue weighted by molar-refractivity contribution is 5.97. The molecule has 2 N–H and O–H groups in total. The van der Waals surface area contributed by atoms with Gasteiger partial charge in [0, 0.05) is 6.54 Å². The van der Waals surface area contributed by atoms with Gasteiger partial charge in [0.2, 0.25) is 0 Å². The third kappa shape index (κ3) is 5.55. The Morgan fingerprint density at radius 3 is 2.59 bits per heavy atom. The van der Waals surface area contributed by atoms with Crippen LogP contribution in [0, 0.1) is 13.8 Å². The molecule has 0 aliphatic rings. The van der Waals surface area contributed by atoms with Crippen molar-refractivity contribution in [1.82, 2.24) is 10.6 Å². The maximum Gasteiger partial charge on any atom is 0.338 e. The van der Waals surface area contributed by atoms with Crippen molar-refractivity contribution < 1.29 is 19.1 Å². The topological polar surface area (TPSA) is 84.5 Å². The summed E-state index contributed by atoms with van der Waals surface area (Å²) in [7, 11) is 0. The standard InChI is InChI=1S/C16H22N2O4/c1-4-5-9-17-16(21)18-14(19)10-22-15(20)13-8-6-7-11(2)12(13)3/h6-8H,4-5,9-10H2,1-3H3,(H2,17,18,19,21). The van der Waals surface area contributed by atoms with Gasteiger partial charge in [0.15, 0.2) is 6.61 Å². The van der Waals surface area contributed by atoms with Crippen LogP contribution in [0.15, 0.2) is 18.2 Å². The fourth-order valence-electron chi connectivity index (χ4n) is 1.77. The zero-order valence-corrected chi connectivity index (χ0v) is 13.2. The van der Waals surface area contributed by atoms with Gasteiger partial charge in [-0.25, -0.2) is 9.59 Å². The fourth-order valence-corrected chi connectivity index (χ4v) is 1.77. The highest BCUT2D eigenvalue weighted by Gasteiger charge is 2.14. The molecule has 6 heteroatoms. The van der Waals surface area contributed by atoms with E-state index in [1.165, 1.54) is 0 Å². The Kier molecular flexibility index (Phi) is 7.08. The number of nitrogens with one attached hydrogen (secondary N) is 2. The molecule has 120 valence electrons. The van der Waals surface area contributed by atoms with Crippen molar-refractivity contribution in [3.05, 3.63) is 34.9 Å². The molecule has 0 aromatic heterocycles. The number of ether oxygens (including phenoxy) is 1. The van der Waals surface area contributed by atoms with Gasteiger partial charge in [0.05, 0.1) is 5.56 Å². The number of unbranched alkanes of at least 4 members (excludes halogenated alkanes) is 1. The summed E-state index contributed by atoms with van der Waals surface area (Å²) in [6, 6.07) is 4.70. The first-order valence-corrected chi connectivity index (χ1v) is 7.26.